The van der Waals surface area contributed by atoms with E-state index < -0.39 is 6.04 Å². The van der Waals surface area contributed by atoms with Gasteiger partial charge in [0.15, 0.2) is 5.43 Å². The Morgan fingerprint density at radius 3 is 2.58 bits per heavy atom. The van der Waals surface area contributed by atoms with Gasteiger partial charge in [-0.3, -0.25) is 14.5 Å². The van der Waals surface area contributed by atoms with Gasteiger partial charge in [0.25, 0.3) is 5.91 Å². The minimum absolute atomic E-state index is 0.0532. The molecular formula is C25H20N2O4. The van der Waals surface area contributed by atoms with Crippen LogP contribution in [0, 0.1) is 13.8 Å². The zero-order chi connectivity index (χ0) is 21.7. The van der Waals surface area contributed by atoms with Crippen LogP contribution in [0.5, 0.6) is 5.75 Å². The molecule has 0 unspecified atom stereocenters. The first kappa shape index (κ1) is 19.1. The number of anilines is 1. The number of benzene rings is 2. The standard InChI is InChI=1S/C25H20N2O4/c1-14-7-8-19-18(11-14)23(28)21-22(16-5-4-6-17(13-16)30-3)27(25(29)24(21)31-19)20-12-15(2)9-10-26-20/h4-13,22H,1-3H3/t22-/m0/s1. The molecule has 0 saturated carbocycles. The molecule has 0 radical (unpaired) electrons. The van der Waals surface area contributed by atoms with Crippen molar-refractivity contribution in [3.8, 4) is 5.75 Å². The summed E-state index contributed by atoms with van der Waals surface area (Å²) < 4.78 is 11.4. The topological polar surface area (TPSA) is 72.6 Å². The van der Waals surface area contributed by atoms with Crippen LogP contribution in [-0.2, 0) is 0 Å². The third-order valence-corrected chi connectivity index (χ3v) is 5.58. The van der Waals surface area contributed by atoms with Crippen LogP contribution in [-0.4, -0.2) is 18.0 Å². The van der Waals surface area contributed by atoms with Crippen molar-refractivity contribution in [2.45, 2.75) is 19.9 Å². The molecule has 31 heavy (non-hydrogen) atoms. The monoisotopic (exact) mass is 412 g/mol. The van der Waals surface area contributed by atoms with Crippen LogP contribution in [0.1, 0.15) is 38.9 Å². The molecular weight excluding hydrogens is 392 g/mol. The average molecular weight is 412 g/mol. The van der Waals surface area contributed by atoms with E-state index in [9.17, 15) is 9.59 Å². The van der Waals surface area contributed by atoms with Gasteiger partial charge in [0.1, 0.15) is 17.2 Å². The summed E-state index contributed by atoms with van der Waals surface area (Å²) in [6.45, 7) is 3.85. The second-order valence-electron chi connectivity index (χ2n) is 7.72. The summed E-state index contributed by atoms with van der Waals surface area (Å²) in [5, 5.41) is 0.457. The summed E-state index contributed by atoms with van der Waals surface area (Å²) in [4.78, 5) is 33.1. The second-order valence-corrected chi connectivity index (χ2v) is 7.72. The number of rotatable bonds is 3. The third-order valence-electron chi connectivity index (χ3n) is 5.58. The molecule has 2 aromatic carbocycles. The molecule has 0 aliphatic carbocycles. The summed E-state index contributed by atoms with van der Waals surface area (Å²) in [6.07, 6.45) is 1.65. The van der Waals surface area contributed by atoms with E-state index in [1.165, 1.54) is 4.90 Å². The highest BCUT2D eigenvalue weighted by atomic mass is 16.5. The fraction of sp³-hybridized carbons (Fsp3) is 0.160. The first-order valence-electron chi connectivity index (χ1n) is 9.95. The van der Waals surface area contributed by atoms with E-state index in [0.717, 1.165) is 16.7 Å². The van der Waals surface area contributed by atoms with E-state index >= 15 is 0 Å². The van der Waals surface area contributed by atoms with E-state index in [4.69, 9.17) is 9.15 Å². The van der Waals surface area contributed by atoms with Gasteiger partial charge in [-0.25, -0.2) is 4.98 Å². The predicted molar refractivity (Wildman–Crippen MR) is 118 cm³/mol. The lowest BCUT2D eigenvalue weighted by atomic mass is 9.98. The number of pyridine rings is 1. The highest BCUT2D eigenvalue weighted by molar-refractivity contribution is 6.10. The minimum Gasteiger partial charge on any atom is -0.497 e. The Labute approximate surface area is 178 Å². The normalized spacial score (nSPS) is 15.4. The SMILES string of the molecule is COc1cccc([C@H]2c3c(oc4ccc(C)cc4c3=O)C(=O)N2c2cc(C)ccn2)c1. The van der Waals surface area contributed by atoms with E-state index in [1.54, 1.807) is 25.4 Å². The number of fused-ring (bicyclic) bond motifs is 2. The molecule has 2 aromatic heterocycles. The Balaban J connectivity index is 1.83. The molecule has 6 nitrogen and oxygen atoms in total. The van der Waals surface area contributed by atoms with E-state index in [0.29, 0.717) is 28.1 Å². The lowest BCUT2D eigenvalue weighted by molar-refractivity contribution is 0.0970. The Morgan fingerprint density at radius 2 is 1.81 bits per heavy atom. The maximum atomic E-state index is 13.6. The molecule has 5 rings (SSSR count). The highest BCUT2D eigenvalue weighted by Gasteiger charge is 2.44. The number of ether oxygens (including phenoxy) is 1. The molecule has 0 N–H and O–H groups in total. The molecule has 0 saturated heterocycles. The van der Waals surface area contributed by atoms with Crippen molar-refractivity contribution in [1.82, 2.24) is 4.98 Å². The number of carbonyl (C=O) groups is 1. The summed E-state index contributed by atoms with van der Waals surface area (Å²) in [6, 6.07) is 15.8. The molecule has 0 bridgehead atoms. The highest BCUT2D eigenvalue weighted by Crippen LogP contribution is 2.41. The number of aromatic nitrogens is 1. The first-order valence-corrected chi connectivity index (χ1v) is 9.95. The van der Waals surface area contributed by atoms with Crippen LogP contribution >= 0.6 is 0 Å². The van der Waals surface area contributed by atoms with Crippen molar-refractivity contribution < 1.29 is 13.9 Å². The Hall–Kier alpha value is -3.93. The Morgan fingerprint density at radius 1 is 1.00 bits per heavy atom. The maximum Gasteiger partial charge on any atom is 0.296 e. The van der Waals surface area contributed by atoms with Crippen LogP contribution in [0.25, 0.3) is 11.0 Å². The van der Waals surface area contributed by atoms with E-state index in [1.807, 2.05) is 56.3 Å². The quantitative estimate of drug-likeness (QED) is 0.493. The van der Waals surface area contributed by atoms with Crippen LogP contribution in [0.3, 0.4) is 0 Å². The second kappa shape index (κ2) is 7.09. The van der Waals surface area contributed by atoms with Crippen molar-refractivity contribution in [2.75, 3.05) is 12.0 Å². The van der Waals surface area contributed by atoms with Crippen LogP contribution in [0.4, 0.5) is 5.82 Å². The van der Waals surface area contributed by atoms with Crippen molar-refractivity contribution >= 4 is 22.7 Å². The number of carbonyl (C=O) groups excluding carboxylic acids is 1. The van der Waals surface area contributed by atoms with Crippen LogP contribution in [0.15, 0.2) is 70.0 Å². The molecule has 1 aliphatic rings. The fourth-order valence-corrected chi connectivity index (χ4v) is 4.10. The van der Waals surface area contributed by atoms with Crippen LogP contribution < -0.4 is 15.1 Å². The lowest BCUT2D eigenvalue weighted by Crippen LogP contribution is -2.30. The van der Waals surface area contributed by atoms with Gasteiger partial charge in [0.05, 0.1) is 24.1 Å². The fourth-order valence-electron chi connectivity index (χ4n) is 4.10. The third kappa shape index (κ3) is 2.99. The molecule has 1 atom stereocenters. The number of nitrogens with zero attached hydrogens (tertiary/aromatic N) is 2. The summed E-state index contributed by atoms with van der Waals surface area (Å²) in [7, 11) is 1.58. The lowest BCUT2D eigenvalue weighted by Gasteiger charge is -2.24. The molecule has 6 heteroatoms. The molecule has 1 aliphatic heterocycles. The maximum absolute atomic E-state index is 13.6. The largest absolute Gasteiger partial charge is 0.497 e. The molecule has 154 valence electrons. The van der Waals surface area contributed by atoms with Gasteiger partial charge in [0, 0.05) is 6.20 Å². The van der Waals surface area contributed by atoms with Gasteiger partial charge in [-0.15, -0.1) is 0 Å². The van der Waals surface area contributed by atoms with E-state index in [2.05, 4.69) is 4.98 Å². The van der Waals surface area contributed by atoms with Crippen LogP contribution in [0.2, 0.25) is 0 Å². The Kier molecular flexibility index (Phi) is 4.36. The summed E-state index contributed by atoms with van der Waals surface area (Å²) >= 11 is 0. The molecule has 1 amide bonds. The summed E-state index contributed by atoms with van der Waals surface area (Å²) in [5.41, 5.74) is 3.15. The first-order chi connectivity index (χ1) is 15.0. The van der Waals surface area contributed by atoms with Gasteiger partial charge in [0.2, 0.25) is 5.76 Å². The number of aryl methyl sites for hydroxylation is 2. The van der Waals surface area contributed by atoms with Gasteiger partial charge in [-0.2, -0.15) is 0 Å². The summed E-state index contributed by atoms with van der Waals surface area (Å²) in [5.74, 6) is 0.762. The molecule has 3 heterocycles. The number of hydrogen-bond acceptors (Lipinski definition) is 5. The van der Waals surface area contributed by atoms with E-state index in [-0.39, 0.29) is 17.1 Å². The molecule has 4 aromatic rings. The number of methoxy groups -OCH3 is 1. The molecule has 0 fully saturated rings. The smallest absolute Gasteiger partial charge is 0.296 e. The predicted octanol–water partition coefficient (Wildman–Crippen LogP) is 4.56. The Bertz CT molecular complexity index is 1410. The van der Waals surface area contributed by atoms with Crippen molar-refractivity contribution in [2.24, 2.45) is 0 Å². The van der Waals surface area contributed by atoms with Crippen molar-refractivity contribution in [3.63, 3.8) is 0 Å². The zero-order valence-corrected chi connectivity index (χ0v) is 17.4. The number of amides is 1. The average Bonchev–Trinajstić information content (AvgIpc) is 3.07. The minimum atomic E-state index is -0.673. The van der Waals surface area contributed by atoms with Crippen molar-refractivity contribution in [1.29, 1.82) is 0 Å². The van der Waals surface area contributed by atoms with Crippen molar-refractivity contribution in [3.05, 3.63) is 99.0 Å². The van der Waals surface area contributed by atoms with Gasteiger partial charge in [-0.1, -0.05) is 23.8 Å². The van der Waals surface area contributed by atoms with Gasteiger partial charge < -0.3 is 9.15 Å². The molecule has 0 spiro atoms. The van der Waals surface area contributed by atoms with Gasteiger partial charge >= 0.3 is 0 Å². The van der Waals surface area contributed by atoms with Gasteiger partial charge in [-0.05, 0) is 61.4 Å². The zero-order valence-electron chi connectivity index (χ0n) is 17.4. The number of hydrogen-bond donors (Lipinski definition) is 0.